The molecule has 7 heteroatoms. The first-order valence-corrected chi connectivity index (χ1v) is 15.3. The van der Waals surface area contributed by atoms with Gasteiger partial charge in [-0.05, 0) is 125 Å². The Balaban J connectivity index is 2.17. The van der Waals surface area contributed by atoms with Crippen LogP contribution in [0, 0.1) is 41.5 Å². The molecule has 3 aromatic rings. The lowest BCUT2D eigenvalue weighted by Gasteiger charge is -2.31. The van der Waals surface area contributed by atoms with Crippen LogP contribution in [0.4, 0.5) is 5.69 Å². The van der Waals surface area contributed by atoms with Crippen molar-refractivity contribution in [2.75, 3.05) is 4.72 Å². The molecule has 0 aromatic heterocycles. The monoisotopic (exact) mass is 563 g/mol. The zero-order valence-electron chi connectivity index (χ0n) is 25.0. The molecule has 0 bridgehead atoms. The lowest BCUT2D eigenvalue weighted by Crippen LogP contribution is -2.29. The van der Waals surface area contributed by atoms with Crippen LogP contribution in [0.5, 0.6) is 0 Å². The summed E-state index contributed by atoms with van der Waals surface area (Å²) in [5.74, 6) is -1.13. The summed E-state index contributed by atoms with van der Waals surface area (Å²) in [7, 11) is -3.65. The van der Waals surface area contributed by atoms with E-state index in [0.29, 0.717) is 29.7 Å². The Kier molecular flexibility index (Phi) is 7.96. The third-order valence-corrected chi connectivity index (χ3v) is 9.64. The van der Waals surface area contributed by atoms with E-state index >= 15 is 0 Å². The van der Waals surface area contributed by atoms with Gasteiger partial charge in [0, 0.05) is 11.1 Å². The summed E-state index contributed by atoms with van der Waals surface area (Å²) in [4.78, 5) is 12.8. The van der Waals surface area contributed by atoms with Gasteiger partial charge in [-0.25, -0.2) is 13.2 Å². The van der Waals surface area contributed by atoms with Gasteiger partial charge in [0.15, 0.2) is 6.10 Å². The average molecular weight is 564 g/mol. The third-order valence-electron chi connectivity index (χ3n) is 7.80. The van der Waals surface area contributed by atoms with Gasteiger partial charge >= 0.3 is 5.97 Å². The Bertz CT molecular complexity index is 1590. The number of carboxylic acids is 1. The Morgan fingerprint density at radius 1 is 0.850 bits per heavy atom. The van der Waals surface area contributed by atoms with Crippen LogP contribution in [0.15, 0.2) is 36.4 Å². The molecule has 0 spiro atoms. The summed E-state index contributed by atoms with van der Waals surface area (Å²) in [5.41, 5.74) is 9.13. The fourth-order valence-electron chi connectivity index (χ4n) is 5.20. The Morgan fingerprint density at radius 3 is 1.77 bits per heavy atom. The van der Waals surface area contributed by atoms with Gasteiger partial charge < -0.3 is 9.84 Å². The van der Waals surface area contributed by atoms with E-state index in [9.17, 15) is 18.3 Å². The van der Waals surface area contributed by atoms with Gasteiger partial charge in [0.25, 0.3) is 0 Å². The third kappa shape index (κ3) is 5.96. The highest BCUT2D eigenvalue weighted by molar-refractivity contribution is 7.93. The minimum atomic E-state index is -3.65. The molecule has 0 radical (unpaired) electrons. The summed E-state index contributed by atoms with van der Waals surface area (Å²) in [5, 5.41) is 10.0. The van der Waals surface area contributed by atoms with Crippen molar-refractivity contribution >= 4 is 21.7 Å². The van der Waals surface area contributed by atoms with Crippen molar-refractivity contribution in [2.45, 2.75) is 92.1 Å². The predicted molar refractivity (Wildman–Crippen MR) is 163 cm³/mol. The van der Waals surface area contributed by atoms with E-state index in [1.54, 1.807) is 6.92 Å². The molecule has 0 unspecified atom stereocenters. The maximum atomic E-state index is 13.4. The number of aliphatic carboxylic acids is 1. The van der Waals surface area contributed by atoms with Crippen molar-refractivity contribution < 1.29 is 23.1 Å². The number of carboxylic acid groups (broad SMARTS) is 1. The summed E-state index contributed by atoms with van der Waals surface area (Å²) in [6, 6.07) is 12.2. The number of hydrogen-bond donors (Lipinski definition) is 2. The van der Waals surface area contributed by atoms with E-state index in [1.807, 2.05) is 79.7 Å². The van der Waals surface area contributed by atoms with Gasteiger partial charge in [-0.3, -0.25) is 4.72 Å². The van der Waals surface area contributed by atoms with E-state index in [0.717, 1.165) is 50.1 Å². The standard InChI is InChI=1S/C33H41NO5S/c1-18-10-12-24(16-20(18)3)27-22(5)28(25-13-11-19(2)21(4)17-25)30(34-40(37,38)26-14-15-26)23(6)29(27)31(32(35)36)39-33(7,8)9/h10-13,16-17,26,31,34H,14-15H2,1-9H3,(H,35,36)/t31-/m0/s1. The number of carbonyl (C=O) groups is 1. The van der Waals surface area contributed by atoms with Crippen LogP contribution in [0.3, 0.4) is 0 Å². The van der Waals surface area contributed by atoms with E-state index in [1.165, 1.54) is 0 Å². The van der Waals surface area contributed by atoms with Crippen LogP contribution in [-0.4, -0.2) is 30.3 Å². The topological polar surface area (TPSA) is 92.7 Å². The van der Waals surface area contributed by atoms with Gasteiger partial charge in [-0.1, -0.05) is 36.4 Å². The lowest BCUT2D eigenvalue weighted by atomic mass is 9.81. The first-order valence-electron chi connectivity index (χ1n) is 13.8. The van der Waals surface area contributed by atoms with Crippen molar-refractivity contribution in [3.8, 4) is 22.3 Å². The zero-order valence-corrected chi connectivity index (χ0v) is 25.8. The molecule has 0 aliphatic heterocycles. The lowest BCUT2D eigenvalue weighted by molar-refractivity contribution is -0.160. The molecule has 4 rings (SSSR count). The number of anilines is 1. The molecule has 0 saturated heterocycles. The molecule has 214 valence electrons. The molecule has 40 heavy (non-hydrogen) atoms. The maximum absolute atomic E-state index is 13.4. The van der Waals surface area contributed by atoms with Crippen molar-refractivity contribution in [3.05, 3.63) is 75.3 Å². The van der Waals surface area contributed by atoms with Crippen molar-refractivity contribution in [1.82, 2.24) is 0 Å². The number of aryl methyl sites for hydroxylation is 4. The van der Waals surface area contributed by atoms with Crippen LogP contribution in [-0.2, 0) is 19.6 Å². The molecule has 1 saturated carbocycles. The van der Waals surface area contributed by atoms with Gasteiger partial charge in [-0.2, -0.15) is 0 Å². The number of ether oxygens (including phenoxy) is 1. The number of hydrogen-bond acceptors (Lipinski definition) is 4. The number of sulfonamides is 1. The van der Waals surface area contributed by atoms with Gasteiger partial charge in [0.1, 0.15) is 0 Å². The van der Waals surface area contributed by atoms with Gasteiger partial charge in [0.2, 0.25) is 10.0 Å². The van der Waals surface area contributed by atoms with Crippen molar-refractivity contribution in [2.24, 2.45) is 0 Å². The van der Waals surface area contributed by atoms with Crippen LogP contribution in [0.2, 0.25) is 0 Å². The Morgan fingerprint density at radius 2 is 1.35 bits per heavy atom. The first-order chi connectivity index (χ1) is 18.5. The van der Waals surface area contributed by atoms with Crippen LogP contribution < -0.4 is 4.72 Å². The highest BCUT2D eigenvalue weighted by Crippen LogP contribution is 2.48. The average Bonchev–Trinajstić information content (AvgIpc) is 3.69. The number of nitrogens with one attached hydrogen (secondary N) is 1. The van der Waals surface area contributed by atoms with E-state index in [4.69, 9.17) is 4.74 Å². The molecule has 2 N–H and O–H groups in total. The number of rotatable bonds is 8. The molecule has 1 aliphatic rings. The zero-order chi connectivity index (χ0) is 29.7. The van der Waals surface area contributed by atoms with Crippen molar-refractivity contribution in [1.29, 1.82) is 0 Å². The molecule has 6 nitrogen and oxygen atoms in total. The molecule has 1 fully saturated rings. The van der Waals surface area contributed by atoms with Crippen LogP contribution >= 0.6 is 0 Å². The maximum Gasteiger partial charge on any atom is 0.337 e. The quantitative estimate of drug-likeness (QED) is 0.293. The molecular formula is C33H41NO5S. The summed E-state index contributed by atoms with van der Waals surface area (Å²) in [6.07, 6.45) is -0.0800. The van der Waals surface area contributed by atoms with Gasteiger partial charge in [-0.15, -0.1) is 0 Å². The summed E-state index contributed by atoms with van der Waals surface area (Å²) in [6.45, 7) is 17.4. The highest BCUT2D eigenvalue weighted by atomic mass is 32.2. The SMILES string of the molecule is Cc1ccc(-c2c(C)c(-c3ccc(C)c(C)c3)c([C@H](OC(C)(C)C)C(=O)O)c(C)c2NS(=O)(=O)C2CC2)cc1C. The molecule has 0 heterocycles. The second-order valence-electron chi connectivity index (χ2n) is 12.2. The van der Waals surface area contributed by atoms with Crippen LogP contribution in [0.25, 0.3) is 22.3 Å². The van der Waals surface area contributed by atoms with Crippen LogP contribution in [0.1, 0.15) is 78.7 Å². The molecule has 1 atom stereocenters. The van der Waals surface area contributed by atoms with Gasteiger partial charge in [0.05, 0.1) is 16.5 Å². The minimum absolute atomic E-state index is 0.416. The first kappa shape index (κ1) is 29.8. The Hall–Kier alpha value is -3.16. The fourth-order valence-corrected chi connectivity index (χ4v) is 6.66. The second-order valence-corrected chi connectivity index (χ2v) is 14.1. The predicted octanol–water partition coefficient (Wildman–Crippen LogP) is 7.72. The van der Waals surface area contributed by atoms with E-state index in [-0.39, 0.29) is 0 Å². The summed E-state index contributed by atoms with van der Waals surface area (Å²) < 4.78 is 35.8. The summed E-state index contributed by atoms with van der Waals surface area (Å²) >= 11 is 0. The molecular weight excluding hydrogens is 522 g/mol. The van der Waals surface area contributed by atoms with E-state index < -0.39 is 32.9 Å². The second kappa shape index (κ2) is 10.7. The smallest absolute Gasteiger partial charge is 0.337 e. The normalized spacial score (nSPS) is 14.7. The molecule has 0 amide bonds. The minimum Gasteiger partial charge on any atom is -0.479 e. The van der Waals surface area contributed by atoms with Crippen molar-refractivity contribution in [3.63, 3.8) is 0 Å². The number of benzene rings is 3. The van der Waals surface area contributed by atoms with E-state index in [2.05, 4.69) is 16.9 Å². The fraction of sp³-hybridized carbons (Fsp3) is 0.424. The largest absolute Gasteiger partial charge is 0.479 e. The molecule has 1 aliphatic carbocycles. The highest BCUT2D eigenvalue weighted by Gasteiger charge is 2.39. The molecule has 3 aromatic carbocycles. The Labute approximate surface area is 238 Å².